The molecule has 0 radical (unpaired) electrons. The topological polar surface area (TPSA) is 74.6 Å². The van der Waals surface area contributed by atoms with E-state index in [1.807, 2.05) is 11.3 Å². The van der Waals surface area contributed by atoms with E-state index in [4.69, 9.17) is 17.5 Å². The van der Waals surface area contributed by atoms with Gasteiger partial charge in [0.15, 0.2) is 0 Å². The maximum atomic E-state index is 8.74. The monoisotopic (exact) mass is 394 g/mol. The van der Waals surface area contributed by atoms with Gasteiger partial charge in [-0.1, -0.05) is 65.8 Å². The van der Waals surface area contributed by atoms with E-state index >= 15 is 0 Å². The molecule has 3 rings (SSSR count). The predicted molar refractivity (Wildman–Crippen MR) is 111 cm³/mol. The average molecular weight is 395 g/mol. The van der Waals surface area contributed by atoms with Crippen molar-refractivity contribution in [2.45, 2.75) is 52.4 Å². The minimum atomic E-state index is -4.67. The van der Waals surface area contributed by atoms with Gasteiger partial charge in [-0.15, -0.1) is 11.3 Å². The molecule has 1 aromatic heterocycles. The number of benzene rings is 2. The predicted octanol–water partition coefficient (Wildman–Crippen LogP) is 6.00. The van der Waals surface area contributed by atoms with Crippen LogP contribution in [0.5, 0.6) is 0 Å². The fraction of sp³-hybridized carbons (Fsp3) is 0.400. The number of hydrogen-bond donors (Lipinski definition) is 2. The van der Waals surface area contributed by atoms with Gasteiger partial charge in [0.2, 0.25) is 0 Å². The smallest absolute Gasteiger partial charge is 0.264 e. The number of hydrogen-bond acceptors (Lipinski definition) is 3. The number of fused-ring (bicyclic) bond motifs is 3. The van der Waals surface area contributed by atoms with Crippen LogP contribution in [0.2, 0.25) is 0 Å². The summed E-state index contributed by atoms with van der Waals surface area (Å²) in [5.74, 6) is 0. The first kappa shape index (κ1) is 20.8. The fourth-order valence-electron chi connectivity index (χ4n) is 2.71. The highest BCUT2D eigenvalue weighted by Crippen LogP contribution is 2.38. The highest BCUT2D eigenvalue weighted by molar-refractivity contribution is 7.79. The van der Waals surface area contributed by atoms with E-state index in [1.165, 1.54) is 31.3 Å². The lowest BCUT2D eigenvalue weighted by Crippen LogP contribution is -2.10. The molecular weight excluding hydrogens is 368 g/mol. The van der Waals surface area contributed by atoms with Gasteiger partial charge in [-0.3, -0.25) is 9.11 Å². The van der Waals surface area contributed by atoms with Gasteiger partial charge in [0.25, 0.3) is 0 Å². The standard InChI is InChI=1S/C20H24S.H2O4S/c1-19(2,3)13-7-9-15-16-10-8-14(20(4,5)6)12-18(16)21-17(15)11-13;1-5(2,3)4/h7-12H,1-6H3;(H2,1,2,3,4). The Balaban J connectivity index is 0.000000431. The zero-order chi connectivity index (χ0) is 19.9. The Hall–Kier alpha value is -1.47. The summed E-state index contributed by atoms with van der Waals surface area (Å²) in [6.45, 7) is 13.7. The highest BCUT2D eigenvalue weighted by Gasteiger charge is 2.17. The van der Waals surface area contributed by atoms with Crippen molar-refractivity contribution in [3.63, 3.8) is 0 Å². The first-order valence-electron chi connectivity index (χ1n) is 8.33. The zero-order valence-electron chi connectivity index (χ0n) is 16.0. The quantitative estimate of drug-likeness (QED) is 0.459. The van der Waals surface area contributed by atoms with Gasteiger partial charge in [0, 0.05) is 20.2 Å². The lowest BCUT2D eigenvalue weighted by atomic mass is 9.86. The molecule has 0 atom stereocenters. The Kier molecular flexibility index (Phi) is 5.55. The highest BCUT2D eigenvalue weighted by atomic mass is 32.3. The summed E-state index contributed by atoms with van der Waals surface area (Å²) in [4.78, 5) is 0. The molecule has 26 heavy (non-hydrogen) atoms. The second-order valence-corrected chi connectivity index (χ2v) is 10.5. The van der Waals surface area contributed by atoms with Gasteiger partial charge >= 0.3 is 10.4 Å². The van der Waals surface area contributed by atoms with E-state index in [1.54, 1.807) is 0 Å². The van der Waals surface area contributed by atoms with E-state index < -0.39 is 10.4 Å². The van der Waals surface area contributed by atoms with E-state index in [0.717, 1.165) is 0 Å². The molecule has 0 spiro atoms. The van der Waals surface area contributed by atoms with Crippen molar-refractivity contribution in [1.82, 2.24) is 0 Å². The summed E-state index contributed by atoms with van der Waals surface area (Å²) in [6, 6.07) is 13.9. The third-order valence-corrected chi connectivity index (χ3v) is 5.32. The Labute approximate surface area is 159 Å². The minimum absolute atomic E-state index is 0.209. The van der Waals surface area contributed by atoms with Crippen LogP contribution in [-0.4, -0.2) is 17.5 Å². The van der Waals surface area contributed by atoms with Crippen molar-refractivity contribution in [2.75, 3.05) is 0 Å². The molecule has 0 amide bonds. The van der Waals surface area contributed by atoms with E-state index in [0.29, 0.717) is 0 Å². The van der Waals surface area contributed by atoms with Gasteiger partial charge in [-0.2, -0.15) is 8.42 Å². The maximum absolute atomic E-state index is 8.74. The zero-order valence-corrected chi connectivity index (χ0v) is 17.6. The minimum Gasteiger partial charge on any atom is -0.264 e. The molecule has 0 saturated carbocycles. The Morgan fingerprint density at radius 2 is 1.04 bits per heavy atom. The van der Waals surface area contributed by atoms with Crippen LogP contribution < -0.4 is 0 Å². The van der Waals surface area contributed by atoms with Crippen molar-refractivity contribution < 1.29 is 17.5 Å². The summed E-state index contributed by atoms with van der Waals surface area (Å²) < 4.78 is 34.4. The van der Waals surface area contributed by atoms with Crippen LogP contribution in [0.15, 0.2) is 36.4 Å². The molecule has 0 fully saturated rings. The number of thiophene rings is 1. The molecule has 0 aliphatic carbocycles. The lowest BCUT2D eigenvalue weighted by Gasteiger charge is -2.19. The van der Waals surface area contributed by atoms with Gasteiger partial charge in [-0.05, 0) is 34.1 Å². The summed E-state index contributed by atoms with van der Waals surface area (Å²) in [5, 5.41) is 2.78. The summed E-state index contributed by atoms with van der Waals surface area (Å²) in [5.41, 5.74) is 3.25. The van der Waals surface area contributed by atoms with Crippen molar-refractivity contribution in [3.8, 4) is 0 Å². The third-order valence-electron chi connectivity index (χ3n) is 4.21. The van der Waals surface area contributed by atoms with E-state index in [9.17, 15) is 0 Å². The molecule has 0 aliphatic rings. The first-order valence-corrected chi connectivity index (χ1v) is 10.5. The second-order valence-electron chi connectivity index (χ2n) is 8.47. The molecule has 0 unspecified atom stereocenters. The summed E-state index contributed by atoms with van der Waals surface area (Å²) in [7, 11) is -4.67. The van der Waals surface area contributed by atoms with Crippen LogP contribution >= 0.6 is 11.3 Å². The molecule has 6 heteroatoms. The Morgan fingerprint density at radius 3 is 1.31 bits per heavy atom. The van der Waals surface area contributed by atoms with Crippen molar-refractivity contribution >= 4 is 41.9 Å². The molecule has 2 N–H and O–H groups in total. The van der Waals surface area contributed by atoms with E-state index in [-0.39, 0.29) is 10.8 Å². The normalized spacial score (nSPS) is 12.9. The Morgan fingerprint density at radius 1 is 0.731 bits per heavy atom. The van der Waals surface area contributed by atoms with Crippen LogP contribution in [0.3, 0.4) is 0 Å². The van der Waals surface area contributed by atoms with Gasteiger partial charge in [0.05, 0.1) is 0 Å². The van der Waals surface area contributed by atoms with Gasteiger partial charge < -0.3 is 0 Å². The molecule has 0 aliphatic heterocycles. The van der Waals surface area contributed by atoms with Crippen LogP contribution in [0.4, 0.5) is 0 Å². The first-order chi connectivity index (χ1) is 11.7. The van der Waals surface area contributed by atoms with Crippen molar-refractivity contribution in [2.24, 2.45) is 0 Å². The molecule has 2 aromatic carbocycles. The van der Waals surface area contributed by atoms with Crippen LogP contribution in [-0.2, 0) is 21.2 Å². The van der Waals surface area contributed by atoms with E-state index in [2.05, 4.69) is 77.9 Å². The molecule has 0 saturated heterocycles. The van der Waals surface area contributed by atoms with Crippen molar-refractivity contribution in [1.29, 1.82) is 0 Å². The van der Waals surface area contributed by atoms with Crippen LogP contribution in [0, 0.1) is 0 Å². The molecule has 0 bridgehead atoms. The SMILES string of the molecule is CC(C)(C)c1ccc2c(c1)sc1cc(C(C)(C)C)ccc12.O=S(=O)(O)O. The second kappa shape index (κ2) is 6.93. The maximum Gasteiger partial charge on any atom is 0.394 e. The number of rotatable bonds is 0. The molecule has 4 nitrogen and oxygen atoms in total. The largest absolute Gasteiger partial charge is 0.394 e. The van der Waals surface area contributed by atoms with Crippen LogP contribution in [0.25, 0.3) is 20.2 Å². The summed E-state index contributed by atoms with van der Waals surface area (Å²) >= 11 is 1.92. The molecule has 3 aromatic rings. The Bertz CT molecular complexity index is 957. The lowest BCUT2D eigenvalue weighted by molar-refractivity contribution is 0.381. The van der Waals surface area contributed by atoms with Gasteiger partial charge in [-0.25, -0.2) is 0 Å². The summed E-state index contributed by atoms with van der Waals surface area (Å²) in [6.07, 6.45) is 0. The fourth-order valence-corrected chi connectivity index (χ4v) is 3.89. The third kappa shape index (κ3) is 5.27. The molecule has 142 valence electrons. The molecular formula is C20H26O4S2. The van der Waals surface area contributed by atoms with Crippen LogP contribution in [0.1, 0.15) is 52.7 Å². The van der Waals surface area contributed by atoms with Gasteiger partial charge in [0.1, 0.15) is 0 Å². The average Bonchev–Trinajstić information content (AvgIpc) is 2.80. The van der Waals surface area contributed by atoms with Crippen molar-refractivity contribution in [3.05, 3.63) is 47.5 Å². The molecule has 1 heterocycles.